The summed E-state index contributed by atoms with van der Waals surface area (Å²) in [6.45, 7) is 0. The maximum Gasteiger partial charge on any atom is 0.160 e. The third-order valence-corrected chi connectivity index (χ3v) is 6.05. The van der Waals surface area contributed by atoms with E-state index in [9.17, 15) is 8.42 Å². The fraction of sp³-hybridized carbons (Fsp3) is 0.0952. The van der Waals surface area contributed by atoms with Gasteiger partial charge in [-0.25, -0.2) is 8.42 Å². The fourth-order valence-electron chi connectivity index (χ4n) is 3.20. The standard InChI is InChI=1S/C21H16ClNO2S/c22-16-10-11-19-17-8-4-5-9-18(17)21(23-20(19)12-16)14-26(24,25)13-15-6-2-1-3-7-15/h1-12H,13-14H2. The Hall–Kier alpha value is -2.43. The summed E-state index contributed by atoms with van der Waals surface area (Å²) in [6.07, 6.45) is 0. The molecular formula is C21H16ClNO2S. The molecule has 3 aromatic carbocycles. The van der Waals surface area contributed by atoms with Crippen LogP contribution >= 0.6 is 11.6 Å². The zero-order valence-electron chi connectivity index (χ0n) is 13.9. The lowest BCUT2D eigenvalue weighted by atomic mass is 10.0. The van der Waals surface area contributed by atoms with Crippen molar-refractivity contribution in [2.24, 2.45) is 0 Å². The van der Waals surface area contributed by atoms with Crippen LogP contribution in [-0.4, -0.2) is 13.4 Å². The molecule has 1 aromatic heterocycles. The molecule has 0 unspecified atom stereocenters. The molecule has 0 N–H and O–H groups in total. The number of pyridine rings is 1. The van der Waals surface area contributed by atoms with Crippen molar-refractivity contribution < 1.29 is 8.42 Å². The molecule has 0 amide bonds. The van der Waals surface area contributed by atoms with E-state index in [4.69, 9.17) is 11.6 Å². The second-order valence-electron chi connectivity index (χ2n) is 6.28. The van der Waals surface area contributed by atoms with Crippen molar-refractivity contribution in [3.05, 3.63) is 89.1 Å². The van der Waals surface area contributed by atoms with Gasteiger partial charge in [0.1, 0.15) is 0 Å². The van der Waals surface area contributed by atoms with E-state index >= 15 is 0 Å². The Morgan fingerprint density at radius 3 is 2.23 bits per heavy atom. The van der Waals surface area contributed by atoms with E-state index in [1.807, 2.05) is 66.7 Å². The highest BCUT2D eigenvalue weighted by Crippen LogP contribution is 2.29. The van der Waals surface area contributed by atoms with E-state index in [1.54, 1.807) is 6.07 Å². The monoisotopic (exact) mass is 381 g/mol. The van der Waals surface area contributed by atoms with E-state index in [0.29, 0.717) is 16.2 Å². The number of rotatable bonds is 4. The van der Waals surface area contributed by atoms with Crippen molar-refractivity contribution >= 4 is 43.1 Å². The molecule has 0 saturated carbocycles. The van der Waals surface area contributed by atoms with Crippen LogP contribution in [0.25, 0.3) is 21.7 Å². The number of hydrogen-bond donors (Lipinski definition) is 0. The summed E-state index contributed by atoms with van der Waals surface area (Å²) >= 11 is 6.10. The van der Waals surface area contributed by atoms with Crippen molar-refractivity contribution in [3.8, 4) is 0 Å². The average Bonchev–Trinajstić information content (AvgIpc) is 2.61. The molecule has 0 aliphatic carbocycles. The summed E-state index contributed by atoms with van der Waals surface area (Å²) in [5.74, 6) is -0.109. The lowest BCUT2D eigenvalue weighted by Crippen LogP contribution is -2.09. The first-order valence-electron chi connectivity index (χ1n) is 8.23. The fourth-order valence-corrected chi connectivity index (χ4v) is 4.80. The topological polar surface area (TPSA) is 47.0 Å². The molecule has 3 nitrogen and oxygen atoms in total. The third-order valence-electron chi connectivity index (χ3n) is 4.33. The van der Waals surface area contributed by atoms with Gasteiger partial charge in [0, 0.05) is 15.8 Å². The molecule has 0 aliphatic rings. The van der Waals surface area contributed by atoms with E-state index in [-0.39, 0.29) is 11.5 Å². The summed E-state index contributed by atoms with van der Waals surface area (Å²) < 4.78 is 25.5. The zero-order valence-corrected chi connectivity index (χ0v) is 15.5. The average molecular weight is 382 g/mol. The zero-order chi connectivity index (χ0) is 18.1. The predicted octanol–water partition coefficient (Wildman–Crippen LogP) is 5.16. The molecule has 0 atom stereocenters. The van der Waals surface area contributed by atoms with Crippen LogP contribution in [0.3, 0.4) is 0 Å². The highest BCUT2D eigenvalue weighted by molar-refractivity contribution is 7.89. The summed E-state index contributed by atoms with van der Waals surface area (Å²) in [6, 6.07) is 22.5. The molecule has 0 bridgehead atoms. The number of nitrogens with zero attached hydrogens (tertiary/aromatic N) is 1. The highest BCUT2D eigenvalue weighted by Gasteiger charge is 2.17. The SMILES string of the molecule is O=S(=O)(Cc1ccccc1)Cc1nc2cc(Cl)ccc2c2ccccc12. The van der Waals surface area contributed by atoms with Crippen molar-refractivity contribution in [2.75, 3.05) is 0 Å². The number of sulfone groups is 1. The number of halogens is 1. The molecule has 0 fully saturated rings. The Kier molecular flexibility index (Phi) is 4.39. The number of fused-ring (bicyclic) bond motifs is 3. The van der Waals surface area contributed by atoms with Gasteiger partial charge in [0.05, 0.1) is 22.7 Å². The lowest BCUT2D eigenvalue weighted by Gasteiger charge is -2.11. The van der Waals surface area contributed by atoms with Gasteiger partial charge in [-0.3, -0.25) is 4.98 Å². The van der Waals surface area contributed by atoms with E-state index < -0.39 is 9.84 Å². The molecule has 26 heavy (non-hydrogen) atoms. The second-order valence-corrected chi connectivity index (χ2v) is 8.78. The van der Waals surface area contributed by atoms with Crippen LogP contribution in [0.1, 0.15) is 11.3 Å². The van der Waals surface area contributed by atoms with Crippen molar-refractivity contribution in [1.29, 1.82) is 0 Å². The molecule has 0 aliphatic heterocycles. The Labute approximate surface area is 157 Å². The normalized spacial score (nSPS) is 11.9. The van der Waals surface area contributed by atoms with Crippen molar-refractivity contribution in [2.45, 2.75) is 11.5 Å². The molecular weight excluding hydrogens is 366 g/mol. The Morgan fingerprint density at radius 2 is 1.46 bits per heavy atom. The number of aromatic nitrogens is 1. The maximum atomic E-state index is 12.8. The third kappa shape index (κ3) is 3.43. The van der Waals surface area contributed by atoms with E-state index in [1.165, 1.54) is 0 Å². The first-order chi connectivity index (χ1) is 12.5. The Balaban J connectivity index is 1.82. The minimum Gasteiger partial charge on any atom is -0.251 e. The van der Waals surface area contributed by atoms with Gasteiger partial charge in [0.25, 0.3) is 0 Å². The van der Waals surface area contributed by atoms with Gasteiger partial charge in [-0.2, -0.15) is 0 Å². The summed E-state index contributed by atoms with van der Waals surface area (Å²) in [7, 11) is -3.35. The minimum absolute atomic E-state index is 0.00255. The van der Waals surface area contributed by atoms with Gasteiger partial charge >= 0.3 is 0 Å². The van der Waals surface area contributed by atoms with Crippen LogP contribution in [0, 0.1) is 0 Å². The largest absolute Gasteiger partial charge is 0.251 e. The molecule has 0 spiro atoms. The quantitative estimate of drug-likeness (QED) is 0.459. The van der Waals surface area contributed by atoms with Gasteiger partial charge < -0.3 is 0 Å². The van der Waals surface area contributed by atoms with Crippen LogP contribution in [0.4, 0.5) is 0 Å². The molecule has 4 aromatic rings. The minimum atomic E-state index is -3.35. The Bertz CT molecular complexity index is 1200. The van der Waals surface area contributed by atoms with Crippen molar-refractivity contribution in [3.63, 3.8) is 0 Å². The molecule has 0 radical (unpaired) electrons. The molecule has 130 valence electrons. The molecule has 0 saturated heterocycles. The molecule has 4 rings (SSSR count). The van der Waals surface area contributed by atoms with Crippen LogP contribution in [-0.2, 0) is 21.3 Å². The summed E-state index contributed by atoms with van der Waals surface area (Å²) in [4.78, 5) is 4.63. The van der Waals surface area contributed by atoms with Crippen LogP contribution in [0.5, 0.6) is 0 Å². The van der Waals surface area contributed by atoms with Crippen LogP contribution < -0.4 is 0 Å². The first-order valence-corrected chi connectivity index (χ1v) is 10.4. The smallest absolute Gasteiger partial charge is 0.160 e. The van der Waals surface area contributed by atoms with E-state index in [0.717, 1.165) is 21.7 Å². The summed E-state index contributed by atoms with van der Waals surface area (Å²) in [5, 5.41) is 3.39. The van der Waals surface area contributed by atoms with Crippen molar-refractivity contribution in [1.82, 2.24) is 4.98 Å². The molecule has 1 heterocycles. The van der Waals surface area contributed by atoms with Gasteiger partial charge in [-0.1, -0.05) is 72.3 Å². The lowest BCUT2D eigenvalue weighted by molar-refractivity contribution is 0.594. The second kappa shape index (κ2) is 6.71. The molecule has 5 heteroatoms. The van der Waals surface area contributed by atoms with Gasteiger partial charge in [-0.05, 0) is 23.1 Å². The first kappa shape index (κ1) is 17.0. The Morgan fingerprint density at radius 1 is 0.769 bits per heavy atom. The maximum absolute atomic E-state index is 12.8. The predicted molar refractivity (Wildman–Crippen MR) is 107 cm³/mol. The van der Waals surface area contributed by atoms with Gasteiger partial charge in [0.2, 0.25) is 0 Å². The van der Waals surface area contributed by atoms with Gasteiger partial charge in [0.15, 0.2) is 9.84 Å². The number of hydrogen-bond acceptors (Lipinski definition) is 3. The highest BCUT2D eigenvalue weighted by atomic mass is 35.5. The van der Waals surface area contributed by atoms with Crippen LogP contribution in [0.2, 0.25) is 5.02 Å². The van der Waals surface area contributed by atoms with Gasteiger partial charge in [-0.15, -0.1) is 0 Å². The van der Waals surface area contributed by atoms with E-state index in [2.05, 4.69) is 4.98 Å². The number of benzene rings is 3. The summed E-state index contributed by atoms with van der Waals surface area (Å²) in [5.41, 5.74) is 2.05. The van der Waals surface area contributed by atoms with Crippen LogP contribution in [0.15, 0.2) is 72.8 Å².